The fourth-order valence-electron chi connectivity index (χ4n) is 1.13. The lowest BCUT2D eigenvalue weighted by molar-refractivity contribution is -0.103. The normalized spacial score (nSPS) is 16.2. The van der Waals surface area contributed by atoms with Gasteiger partial charge in [0.1, 0.15) is 0 Å². The molecule has 0 amide bonds. The third kappa shape index (κ3) is 1.42. The number of nitrogens with zero attached hydrogens (tertiary/aromatic N) is 1. The highest BCUT2D eigenvalue weighted by Gasteiger charge is 2.14. The highest BCUT2D eigenvalue weighted by Crippen LogP contribution is 2.23. The van der Waals surface area contributed by atoms with Crippen LogP contribution in [-0.4, -0.2) is 5.28 Å². The minimum absolute atomic E-state index is 0.612. The molecule has 0 radical (unpaired) electrons. The number of anilines is 1. The second kappa shape index (κ2) is 2.96. The van der Waals surface area contributed by atoms with Crippen LogP contribution in [0.1, 0.15) is 5.56 Å². The van der Waals surface area contributed by atoms with Crippen molar-refractivity contribution in [3.8, 4) is 0 Å². The lowest BCUT2D eigenvalue weighted by atomic mass is 10.1. The average molecular weight is 178 g/mol. The Labute approximate surface area is 75.5 Å². The van der Waals surface area contributed by atoms with Gasteiger partial charge in [0.25, 0.3) is 0 Å². The van der Waals surface area contributed by atoms with Crippen LogP contribution in [0.3, 0.4) is 0 Å². The summed E-state index contributed by atoms with van der Waals surface area (Å²) in [6, 6.07) is 7.41. The Hall–Kier alpha value is -1.72. The third-order valence-electron chi connectivity index (χ3n) is 1.75. The Morgan fingerprint density at radius 1 is 1.31 bits per heavy atom. The number of nitrogen functional groups attached to an aromatic ring is 1. The molecule has 1 aromatic rings. The maximum atomic E-state index is 5.74. The molecule has 1 heterocycles. The van der Waals surface area contributed by atoms with Gasteiger partial charge in [-0.2, -0.15) is 0 Å². The van der Waals surface area contributed by atoms with Gasteiger partial charge < -0.3 is 10.6 Å². The van der Waals surface area contributed by atoms with Crippen LogP contribution in [0, 0.1) is 0 Å². The maximum Gasteiger partial charge on any atom is 0.178 e. The van der Waals surface area contributed by atoms with Crippen molar-refractivity contribution in [3.05, 3.63) is 36.0 Å². The molecule has 1 aliphatic heterocycles. The third-order valence-corrected chi connectivity index (χ3v) is 1.75. The van der Waals surface area contributed by atoms with Crippen molar-refractivity contribution in [2.24, 2.45) is 5.84 Å². The van der Waals surface area contributed by atoms with Crippen molar-refractivity contribution in [2.75, 3.05) is 5.73 Å². The van der Waals surface area contributed by atoms with Crippen LogP contribution >= 0.6 is 0 Å². The van der Waals surface area contributed by atoms with Crippen molar-refractivity contribution in [3.63, 3.8) is 0 Å². The van der Waals surface area contributed by atoms with Gasteiger partial charge in [0.05, 0.1) is 6.20 Å². The van der Waals surface area contributed by atoms with E-state index in [-0.39, 0.29) is 0 Å². The highest BCUT2D eigenvalue weighted by molar-refractivity contribution is 5.71. The number of nitrogens with one attached hydrogen (secondary N) is 1. The summed E-state index contributed by atoms with van der Waals surface area (Å²) in [5.74, 6) is 5.93. The van der Waals surface area contributed by atoms with Gasteiger partial charge in [-0.15, -0.1) is 0 Å². The van der Waals surface area contributed by atoms with Gasteiger partial charge >= 0.3 is 0 Å². The number of benzene rings is 1. The van der Waals surface area contributed by atoms with Crippen molar-refractivity contribution in [2.45, 2.75) is 0 Å². The number of rotatable bonds is 1. The van der Waals surface area contributed by atoms with Crippen molar-refractivity contribution in [1.82, 2.24) is 10.7 Å². The number of para-hydroxylation sites is 1. The first kappa shape index (κ1) is 7.90. The molecule has 0 aliphatic carbocycles. The summed E-state index contributed by atoms with van der Waals surface area (Å²) in [5, 5.41) is 1.02. The zero-order valence-electron chi connectivity index (χ0n) is 6.90. The predicted octanol–water partition coefficient (Wildman–Crippen LogP) is 0.193. The summed E-state index contributed by atoms with van der Waals surface area (Å²) >= 11 is 0. The van der Waals surface area contributed by atoms with E-state index in [4.69, 9.17) is 16.4 Å². The number of hydrazine groups is 2. The monoisotopic (exact) mass is 178 g/mol. The Bertz CT molecular complexity index is 350. The molecule has 1 aliphatic rings. The van der Waals surface area contributed by atoms with Gasteiger partial charge in [0.2, 0.25) is 0 Å². The minimum Gasteiger partial charge on any atom is -0.398 e. The summed E-state index contributed by atoms with van der Waals surface area (Å²) in [7, 11) is 0. The van der Waals surface area contributed by atoms with Crippen LogP contribution in [0.25, 0.3) is 5.76 Å². The quantitative estimate of drug-likeness (QED) is 0.423. The number of hydrogen-bond acceptors (Lipinski definition) is 5. The molecule has 0 aromatic heterocycles. The molecular weight excluding hydrogens is 168 g/mol. The van der Waals surface area contributed by atoms with E-state index in [0.717, 1.165) is 10.8 Å². The molecule has 0 fully saturated rings. The SMILES string of the molecule is Nc1ccccc1C1=CNN(N)O1. The molecule has 5 heteroatoms. The van der Waals surface area contributed by atoms with Crippen LogP contribution in [0.15, 0.2) is 30.5 Å². The molecule has 0 saturated carbocycles. The zero-order chi connectivity index (χ0) is 9.26. The maximum absolute atomic E-state index is 5.74. The van der Waals surface area contributed by atoms with Gasteiger partial charge in [0.15, 0.2) is 5.76 Å². The van der Waals surface area contributed by atoms with E-state index in [1.165, 1.54) is 0 Å². The topological polar surface area (TPSA) is 76.5 Å². The predicted molar refractivity (Wildman–Crippen MR) is 49.1 cm³/mol. The van der Waals surface area contributed by atoms with Gasteiger partial charge in [0, 0.05) is 16.5 Å². The lowest BCUT2D eigenvalue weighted by Crippen LogP contribution is -2.35. The number of hydrogen-bond donors (Lipinski definition) is 3. The first-order chi connectivity index (χ1) is 6.27. The molecule has 68 valence electrons. The van der Waals surface area contributed by atoms with Crippen molar-refractivity contribution in [1.29, 1.82) is 0 Å². The summed E-state index contributed by atoms with van der Waals surface area (Å²) in [6.07, 6.45) is 1.64. The second-order valence-electron chi connectivity index (χ2n) is 2.64. The van der Waals surface area contributed by atoms with E-state index < -0.39 is 0 Å². The van der Waals surface area contributed by atoms with E-state index >= 15 is 0 Å². The summed E-state index contributed by atoms with van der Waals surface area (Å²) < 4.78 is 0. The molecule has 0 unspecified atom stereocenters. The van der Waals surface area contributed by atoms with E-state index in [1.807, 2.05) is 18.2 Å². The lowest BCUT2D eigenvalue weighted by Gasteiger charge is -2.09. The summed E-state index contributed by atoms with van der Waals surface area (Å²) in [4.78, 5) is 5.11. The summed E-state index contributed by atoms with van der Waals surface area (Å²) in [6.45, 7) is 0. The Morgan fingerprint density at radius 3 is 2.69 bits per heavy atom. The average Bonchev–Trinajstić information content (AvgIpc) is 2.53. The Kier molecular flexibility index (Phi) is 1.80. The number of nitrogens with two attached hydrogens (primary N) is 2. The van der Waals surface area contributed by atoms with Crippen LogP contribution in [0.2, 0.25) is 0 Å². The smallest absolute Gasteiger partial charge is 0.178 e. The largest absolute Gasteiger partial charge is 0.398 e. The van der Waals surface area contributed by atoms with E-state index in [1.54, 1.807) is 12.3 Å². The molecule has 1 aromatic carbocycles. The molecule has 13 heavy (non-hydrogen) atoms. The van der Waals surface area contributed by atoms with Crippen molar-refractivity contribution >= 4 is 11.4 Å². The van der Waals surface area contributed by atoms with Gasteiger partial charge in [-0.1, -0.05) is 12.1 Å². The van der Waals surface area contributed by atoms with E-state index in [2.05, 4.69) is 5.43 Å². The summed E-state index contributed by atoms with van der Waals surface area (Å²) in [5.41, 5.74) is 9.88. The van der Waals surface area contributed by atoms with E-state index in [9.17, 15) is 0 Å². The van der Waals surface area contributed by atoms with Gasteiger partial charge in [-0.05, 0) is 12.1 Å². The molecule has 0 atom stereocenters. The van der Waals surface area contributed by atoms with Crippen molar-refractivity contribution < 1.29 is 4.84 Å². The standard InChI is InChI=1S/C8H10N4O/c9-7-4-2-1-3-6(7)8-5-11-12(10)13-8/h1-5,11H,9-10H2. The first-order valence-electron chi connectivity index (χ1n) is 3.81. The van der Waals surface area contributed by atoms with Gasteiger partial charge in [-0.25, -0.2) is 5.84 Å². The van der Waals surface area contributed by atoms with E-state index in [0.29, 0.717) is 11.4 Å². The molecule has 0 bridgehead atoms. The van der Waals surface area contributed by atoms with Crippen LogP contribution in [0.4, 0.5) is 5.69 Å². The van der Waals surface area contributed by atoms with Crippen LogP contribution in [0.5, 0.6) is 0 Å². The zero-order valence-corrected chi connectivity index (χ0v) is 6.90. The molecule has 0 spiro atoms. The Balaban J connectivity index is 2.31. The molecule has 0 saturated heterocycles. The highest BCUT2D eigenvalue weighted by atomic mass is 16.7. The van der Waals surface area contributed by atoms with Crippen LogP contribution in [-0.2, 0) is 4.84 Å². The first-order valence-corrected chi connectivity index (χ1v) is 3.81. The molecular formula is C8H10N4O. The second-order valence-corrected chi connectivity index (χ2v) is 2.64. The molecule has 5 nitrogen and oxygen atoms in total. The molecule has 5 N–H and O–H groups in total. The minimum atomic E-state index is 0.612. The Morgan fingerprint density at radius 2 is 2.08 bits per heavy atom. The molecule has 2 rings (SSSR count). The van der Waals surface area contributed by atoms with Gasteiger partial charge in [-0.3, -0.25) is 5.43 Å². The fraction of sp³-hybridized carbons (Fsp3) is 0. The fourth-order valence-corrected chi connectivity index (χ4v) is 1.13. The van der Waals surface area contributed by atoms with Crippen LogP contribution < -0.4 is 17.0 Å².